The third kappa shape index (κ3) is 2.91. The van der Waals surface area contributed by atoms with E-state index >= 15 is 0 Å². The fourth-order valence-corrected chi connectivity index (χ4v) is 8.46. The molecular weight excluding hydrogens is 534 g/mol. The second-order valence-electron chi connectivity index (χ2n) is 13.0. The molecule has 10 rings (SSSR count). The molecule has 9 aromatic rings. The van der Waals surface area contributed by atoms with Gasteiger partial charge >= 0.3 is 0 Å². The molecule has 2 aromatic heterocycles. The summed E-state index contributed by atoms with van der Waals surface area (Å²) in [6.45, 7) is 7.05. The Bertz CT molecular complexity index is 2700. The zero-order valence-corrected chi connectivity index (χ0v) is 24.9. The molecule has 0 fully saturated rings. The van der Waals surface area contributed by atoms with Gasteiger partial charge in [0.05, 0.1) is 11.0 Å². The summed E-state index contributed by atoms with van der Waals surface area (Å²) in [7, 11) is 0. The number of aryl methyl sites for hydroxylation is 1. The Morgan fingerprint density at radius 1 is 0.591 bits per heavy atom. The highest BCUT2D eigenvalue weighted by Gasteiger charge is 2.36. The Kier molecular flexibility index (Phi) is 4.49. The smallest absolute Gasteiger partial charge is 0.135 e. The molecular formula is C42H29NO. The van der Waals surface area contributed by atoms with Gasteiger partial charge in [0.1, 0.15) is 11.2 Å². The van der Waals surface area contributed by atoms with Crippen molar-refractivity contribution in [1.82, 2.24) is 4.57 Å². The van der Waals surface area contributed by atoms with Gasteiger partial charge in [-0.15, -0.1) is 0 Å². The third-order valence-electron chi connectivity index (χ3n) is 10.2. The van der Waals surface area contributed by atoms with Crippen LogP contribution in [0.2, 0.25) is 0 Å². The van der Waals surface area contributed by atoms with Crippen molar-refractivity contribution >= 4 is 65.3 Å². The van der Waals surface area contributed by atoms with Gasteiger partial charge in [0.2, 0.25) is 0 Å². The molecule has 0 atom stereocenters. The molecule has 0 saturated carbocycles. The zero-order chi connectivity index (χ0) is 29.3. The van der Waals surface area contributed by atoms with Gasteiger partial charge in [-0.2, -0.15) is 0 Å². The number of fused-ring (bicyclic) bond motifs is 11. The monoisotopic (exact) mass is 563 g/mol. The maximum absolute atomic E-state index is 6.26. The van der Waals surface area contributed by atoms with Crippen molar-refractivity contribution in [2.24, 2.45) is 0 Å². The molecule has 1 aliphatic carbocycles. The summed E-state index contributed by atoms with van der Waals surface area (Å²) in [6, 6.07) is 44.6. The van der Waals surface area contributed by atoms with Gasteiger partial charge in [0.25, 0.3) is 0 Å². The van der Waals surface area contributed by atoms with Crippen molar-refractivity contribution < 1.29 is 4.42 Å². The van der Waals surface area contributed by atoms with Gasteiger partial charge in [0.15, 0.2) is 0 Å². The Balaban J connectivity index is 1.48. The minimum Gasteiger partial charge on any atom is -0.456 e. The molecule has 0 amide bonds. The van der Waals surface area contributed by atoms with Crippen LogP contribution in [0.4, 0.5) is 0 Å². The minimum absolute atomic E-state index is 0.112. The summed E-state index contributed by atoms with van der Waals surface area (Å²) in [5, 5.41) is 10.1. The number of aromatic nitrogens is 1. The van der Waals surface area contributed by atoms with Crippen LogP contribution in [0.3, 0.4) is 0 Å². The van der Waals surface area contributed by atoms with Crippen LogP contribution in [-0.2, 0) is 5.41 Å². The van der Waals surface area contributed by atoms with Gasteiger partial charge in [-0.25, -0.2) is 0 Å². The van der Waals surface area contributed by atoms with Crippen molar-refractivity contribution in [1.29, 1.82) is 0 Å². The molecule has 7 aromatic carbocycles. The fraction of sp³-hybridized carbons (Fsp3) is 0.0952. The van der Waals surface area contributed by atoms with E-state index in [1.54, 1.807) is 0 Å². The fourth-order valence-electron chi connectivity index (χ4n) is 8.46. The molecule has 0 N–H and O–H groups in total. The Morgan fingerprint density at radius 3 is 2.27 bits per heavy atom. The van der Waals surface area contributed by atoms with Gasteiger partial charge in [-0.05, 0) is 87.1 Å². The van der Waals surface area contributed by atoms with Crippen LogP contribution < -0.4 is 0 Å². The van der Waals surface area contributed by atoms with E-state index in [4.69, 9.17) is 4.42 Å². The molecule has 44 heavy (non-hydrogen) atoms. The average molecular weight is 564 g/mol. The molecule has 0 spiro atoms. The second-order valence-corrected chi connectivity index (χ2v) is 13.0. The number of furan rings is 1. The Hall–Kier alpha value is -5.34. The van der Waals surface area contributed by atoms with E-state index in [0.29, 0.717) is 0 Å². The normalized spacial score (nSPS) is 14.0. The van der Waals surface area contributed by atoms with Gasteiger partial charge < -0.3 is 8.98 Å². The van der Waals surface area contributed by atoms with Crippen molar-refractivity contribution in [3.63, 3.8) is 0 Å². The predicted molar refractivity (Wildman–Crippen MR) is 185 cm³/mol. The van der Waals surface area contributed by atoms with Crippen LogP contribution >= 0.6 is 0 Å². The summed E-state index contributed by atoms with van der Waals surface area (Å²) >= 11 is 0. The minimum atomic E-state index is -0.112. The molecule has 0 unspecified atom stereocenters. The number of nitrogens with zero attached hydrogens (tertiary/aromatic N) is 1. The quantitative estimate of drug-likeness (QED) is 0.194. The highest BCUT2D eigenvalue weighted by atomic mass is 16.3. The van der Waals surface area contributed by atoms with Crippen molar-refractivity contribution in [3.8, 4) is 16.8 Å². The first-order chi connectivity index (χ1) is 21.5. The number of hydrogen-bond acceptors (Lipinski definition) is 1. The lowest BCUT2D eigenvalue weighted by Crippen LogP contribution is -2.25. The van der Waals surface area contributed by atoms with E-state index < -0.39 is 0 Å². The summed E-state index contributed by atoms with van der Waals surface area (Å²) in [4.78, 5) is 0. The molecule has 0 radical (unpaired) electrons. The molecule has 2 heteroatoms. The van der Waals surface area contributed by atoms with Crippen molar-refractivity contribution in [2.75, 3.05) is 0 Å². The number of benzene rings is 7. The Labute approximate surface area is 254 Å². The highest BCUT2D eigenvalue weighted by molar-refractivity contribution is 6.28. The second kappa shape index (κ2) is 8.18. The molecule has 1 aliphatic rings. The third-order valence-corrected chi connectivity index (χ3v) is 10.2. The van der Waals surface area contributed by atoms with E-state index in [-0.39, 0.29) is 5.41 Å². The van der Waals surface area contributed by atoms with E-state index in [2.05, 4.69) is 141 Å². The summed E-state index contributed by atoms with van der Waals surface area (Å²) in [5.41, 5.74) is 12.2. The lowest BCUT2D eigenvalue weighted by Gasteiger charge is -2.37. The van der Waals surface area contributed by atoms with E-state index in [1.165, 1.54) is 71.2 Å². The maximum atomic E-state index is 6.26. The lowest BCUT2D eigenvalue weighted by molar-refractivity contribution is 0.640. The number of hydrogen-bond donors (Lipinski definition) is 0. The van der Waals surface area contributed by atoms with Crippen molar-refractivity contribution in [3.05, 3.63) is 138 Å². The first-order valence-electron chi connectivity index (χ1n) is 15.4. The zero-order valence-electron chi connectivity index (χ0n) is 24.9. The standard InChI is InChI=1S/C42H29NO/c1-24-10-8-15-30-39-37-26(12-9-16-33(37)42(2,3)40(24)30)22-32-38-28-13-5-4-11-25(28)18-20-34(38)43(41(32)39)27-19-21-36-31(23-27)29-14-6-7-17-35(29)44-36/h4-23H,1-3H3. The molecule has 208 valence electrons. The molecule has 2 nitrogen and oxygen atoms in total. The summed E-state index contributed by atoms with van der Waals surface area (Å²) < 4.78 is 8.78. The van der Waals surface area contributed by atoms with Gasteiger partial charge in [-0.1, -0.05) is 98.8 Å². The SMILES string of the molecule is Cc1cccc2c1C(C)(C)c1cccc3cc4c5c6ccccc6ccc5n(-c5ccc6oc7ccccc7c6c5)c4c-2c13. The predicted octanol–water partition coefficient (Wildman–Crippen LogP) is 11.6. The summed E-state index contributed by atoms with van der Waals surface area (Å²) in [5.74, 6) is 0. The van der Waals surface area contributed by atoms with Crippen LogP contribution in [0.1, 0.15) is 30.5 Å². The summed E-state index contributed by atoms with van der Waals surface area (Å²) in [6.07, 6.45) is 0. The number of rotatable bonds is 1. The maximum Gasteiger partial charge on any atom is 0.135 e. The van der Waals surface area contributed by atoms with Gasteiger partial charge in [-0.3, -0.25) is 0 Å². The van der Waals surface area contributed by atoms with E-state index in [1.807, 2.05) is 6.07 Å². The molecule has 2 heterocycles. The molecule has 0 aliphatic heterocycles. The average Bonchev–Trinajstić information content (AvgIpc) is 3.58. The van der Waals surface area contributed by atoms with Crippen LogP contribution in [0.5, 0.6) is 0 Å². The van der Waals surface area contributed by atoms with Crippen molar-refractivity contribution in [2.45, 2.75) is 26.2 Å². The largest absolute Gasteiger partial charge is 0.456 e. The van der Waals surface area contributed by atoms with Crippen LogP contribution in [0.15, 0.2) is 126 Å². The highest BCUT2D eigenvalue weighted by Crippen LogP contribution is 2.54. The lowest BCUT2D eigenvalue weighted by atomic mass is 9.67. The molecule has 0 saturated heterocycles. The molecule has 0 bridgehead atoms. The Morgan fingerprint density at radius 2 is 1.36 bits per heavy atom. The topological polar surface area (TPSA) is 18.1 Å². The van der Waals surface area contributed by atoms with E-state index in [9.17, 15) is 0 Å². The van der Waals surface area contributed by atoms with Crippen LogP contribution in [0, 0.1) is 6.92 Å². The van der Waals surface area contributed by atoms with Crippen LogP contribution in [0.25, 0.3) is 82.1 Å². The van der Waals surface area contributed by atoms with Gasteiger partial charge in [0, 0.05) is 38.2 Å². The first-order valence-corrected chi connectivity index (χ1v) is 15.4. The van der Waals surface area contributed by atoms with Crippen LogP contribution in [-0.4, -0.2) is 4.57 Å². The number of para-hydroxylation sites is 1. The first kappa shape index (κ1) is 24.1. The van der Waals surface area contributed by atoms with E-state index in [0.717, 1.165) is 27.6 Å².